The second kappa shape index (κ2) is 7.82. The van der Waals surface area contributed by atoms with Crippen LogP contribution >= 0.6 is 0 Å². The molecule has 0 aromatic heterocycles. The molecule has 0 aliphatic carbocycles. The number of ether oxygens (including phenoxy) is 2. The molecule has 2 saturated heterocycles. The van der Waals surface area contributed by atoms with Crippen molar-refractivity contribution in [2.24, 2.45) is 0 Å². The summed E-state index contributed by atoms with van der Waals surface area (Å²) < 4.78 is 10.6. The number of carbonyl (C=O) groups excluding carboxylic acids is 2. The van der Waals surface area contributed by atoms with Gasteiger partial charge >= 0.3 is 6.03 Å². The smallest absolute Gasteiger partial charge is 0.325 e. The highest BCUT2D eigenvalue weighted by molar-refractivity contribution is 5.98. The third-order valence-corrected chi connectivity index (χ3v) is 4.95. The number of carbonyl (C=O) groups is 2. The third kappa shape index (κ3) is 3.70. The Morgan fingerprint density at radius 1 is 1.04 bits per heavy atom. The molecule has 26 heavy (non-hydrogen) atoms. The summed E-state index contributed by atoms with van der Waals surface area (Å²) in [6, 6.07) is 5.17. The van der Waals surface area contributed by atoms with Crippen molar-refractivity contribution in [3.8, 4) is 11.5 Å². The Labute approximate surface area is 153 Å². The lowest BCUT2D eigenvalue weighted by atomic mass is 10.2. The number of likely N-dealkylation sites (N-methyl/N-ethyl adjacent to an activating group) is 1. The molecule has 8 heteroatoms. The minimum absolute atomic E-state index is 0.00547. The average Bonchev–Trinajstić information content (AvgIpc) is 3.02. The van der Waals surface area contributed by atoms with Gasteiger partial charge in [-0.05, 0) is 19.2 Å². The highest BCUT2D eigenvalue weighted by Crippen LogP contribution is 2.34. The summed E-state index contributed by atoms with van der Waals surface area (Å²) in [5.41, 5.74) is 0.659. The fourth-order valence-electron chi connectivity index (χ4n) is 3.28. The first-order valence-corrected chi connectivity index (χ1v) is 8.78. The maximum absolute atomic E-state index is 12.8. The molecule has 3 amide bonds. The Hall–Kier alpha value is -2.48. The number of methoxy groups -OCH3 is 2. The van der Waals surface area contributed by atoms with Crippen molar-refractivity contribution in [3.05, 3.63) is 18.2 Å². The Morgan fingerprint density at radius 2 is 1.77 bits per heavy atom. The molecule has 1 aromatic rings. The number of hydrogen-bond donors (Lipinski definition) is 0. The summed E-state index contributed by atoms with van der Waals surface area (Å²) >= 11 is 0. The fourth-order valence-corrected chi connectivity index (χ4v) is 3.28. The van der Waals surface area contributed by atoms with E-state index in [1.165, 1.54) is 0 Å². The first kappa shape index (κ1) is 18.3. The highest BCUT2D eigenvalue weighted by atomic mass is 16.5. The second-order valence-electron chi connectivity index (χ2n) is 6.58. The van der Waals surface area contributed by atoms with E-state index in [0.29, 0.717) is 43.4 Å². The highest BCUT2D eigenvalue weighted by Gasteiger charge is 2.34. The zero-order chi connectivity index (χ0) is 18.7. The van der Waals surface area contributed by atoms with E-state index in [1.807, 2.05) is 11.9 Å². The van der Waals surface area contributed by atoms with Gasteiger partial charge in [0.05, 0.1) is 19.9 Å². The number of hydrogen-bond acceptors (Lipinski definition) is 5. The van der Waals surface area contributed by atoms with Crippen LogP contribution in [0.3, 0.4) is 0 Å². The van der Waals surface area contributed by atoms with Crippen molar-refractivity contribution < 1.29 is 19.1 Å². The molecule has 8 nitrogen and oxygen atoms in total. The maximum atomic E-state index is 12.8. The summed E-state index contributed by atoms with van der Waals surface area (Å²) in [6.07, 6.45) is 0. The van der Waals surface area contributed by atoms with Gasteiger partial charge in [-0.1, -0.05) is 0 Å². The Bertz CT molecular complexity index is 673. The first-order chi connectivity index (χ1) is 12.5. The molecule has 0 N–H and O–H groups in total. The molecule has 2 aliphatic rings. The van der Waals surface area contributed by atoms with Gasteiger partial charge in [-0.15, -0.1) is 0 Å². The van der Waals surface area contributed by atoms with Gasteiger partial charge in [0.25, 0.3) is 0 Å². The molecule has 1 aromatic carbocycles. The summed E-state index contributed by atoms with van der Waals surface area (Å²) in [6.45, 7) is 4.30. The number of anilines is 1. The second-order valence-corrected chi connectivity index (χ2v) is 6.58. The molecular formula is C18H26N4O4. The Morgan fingerprint density at radius 3 is 2.42 bits per heavy atom. The van der Waals surface area contributed by atoms with Crippen LogP contribution in [0.15, 0.2) is 18.2 Å². The monoisotopic (exact) mass is 362 g/mol. The lowest BCUT2D eigenvalue weighted by Crippen LogP contribution is -2.50. The van der Waals surface area contributed by atoms with Crippen LogP contribution in [-0.4, -0.2) is 93.7 Å². The minimum atomic E-state index is -0.181. The van der Waals surface area contributed by atoms with E-state index in [2.05, 4.69) is 4.90 Å². The lowest BCUT2D eigenvalue weighted by Gasteiger charge is -2.33. The number of rotatable bonds is 5. The molecule has 0 unspecified atom stereocenters. The Kier molecular flexibility index (Phi) is 5.51. The van der Waals surface area contributed by atoms with Crippen LogP contribution in [0.5, 0.6) is 11.5 Å². The molecule has 142 valence electrons. The minimum Gasteiger partial charge on any atom is -0.497 e. The number of benzene rings is 1. The van der Waals surface area contributed by atoms with Crippen LogP contribution in [0.2, 0.25) is 0 Å². The van der Waals surface area contributed by atoms with Crippen LogP contribution in [0, 0.1) is 0 Å². The standard InChI is InChI=1S/C18H26N4O4/c1-19-6-8-20(9-7-19)17(23)13-21-10-11-22(18(21)24)15-12-14(25-2)4-5-16(15)26-3/h4-5,12H,6-11,13H2,1-3H3. The molecule has 2 heterocycles. The van der Waals surface area contributed by atoms with Crippen LogP contribution in [0.4, 0.5) is 10.5 Å². The normalized spacial score (nSPS) is 18.4. The lowest BCUT2D eigenvalue weighted by molar-refractivity contribution is -0.133. The molecule has 3 rings (SSSR count). The molecule has 2 fully saturated rings. The van der Waals surface area contributed by atoms with Crippen molar-refractivity contribution in [1.82, 2.24) is 14.7 Å². The number of nitrogens with zero attached hydrogens (tertiary/aromatic N) is 4. The number of urea groups is 1. The molecule has 2 aliphatic heterocycles. The SMILES string of the molecule is COc1ccc(OC)c(N2CCN(CC(=O)N3CCN(C)CC3)C2=O)c1. The van der Waals surface area contributed by atoms with Gasteiger partial charge in [-0.2, -0.15) is 0 Å². The third-order valence-electron chi connectivity index (χ3n) is 4.95. The van der Waals surface area contributed by atoms with Gasteiger partial charge in [0.15, 0.2) is 0 Å². The zero-order valence-electron chi connectivity index (χ0n) is 15.6. The van der Waals surface area contributed by atoms with Crippen molar-refractivity contribution in [1.29, 1.82) is 0 Å². The van der Waals surface area contributed by atoms with Crippen molar-refractivity contribution in [2.45, 2.75) is 0 Å². The summed E-state index contributed by atoms with van der Waals surface area (Å²) in [7, 11) is 5.20. The van der Waals surface area contributed by atoms with Gasteiger partial charge in [0.1, 0.15) is 18.0 Å². The largest absolute Gasteiger partial charge is 0.497 e. The van der Waals surface area contributed by atoms with E-state index >= 15 is 0 Å². The zero-order valence-corrected chi connectivity index (χ0v) is 15.6. The van der Waals surface area contributed by atoms with E-state index in [-0.39, 0.29) is 18.5 Å². The average molecular weight is 362 g/mol. The van der Waals surface area contributed by atoms with Crippen LogP contribution in [0.25, 0.3) is 0 Å². The van der Waals surface area contributed by atoms with Gasteiger partial charge in [0, 0.05) is 45.3 Å². The first-order valence-electron chi connectivity index (χ1n) is 8.78. The van der Waals surface area contributed by atoms with E-state index < -0.39 is 0 Å². The van der Waals surface area contributed by atoms with E-state index in [4.69, 9.17) is 9.47 Å². The van der Waals surface area contributed by atoms with Crippen LogP contribution in [-0.2, 0) is 4.79 Å². The summed E-state index contributed by atoms with van der Waals surface area (Å²) in [5.74, 6) is 1.26. The van der Waals surface area contributed by atoms with Crippen molar-refractivity contribution in [3.63, 3.8) is 0 Å². The molecule has 0 bridgehead atoms. The van der Waals surface area contributed by atoms with Crippen LogP contribution in [0.1, 0.15) is 0 Å². The van der Waals surface area contributed by atoms with E-state index in [0.717, 1.165) is 13.1 Å². The van der Waals surface area contributed by atoms with Crippen molar-refractivity contribution in [2.75, 3.05) is 72.0 Å². The van der Waals surface area contributed by atoms with E-state index in [1.54, 1.807) is 42.2 Å². The van der Waals surface area contributed by atoms with E-state index in [9.17, 15) is 9.59 Å². The molecule has 0 radical (unpaired) electrons. The van der Waals surface area contributed by atoms with Gasteiger partial charge in [0.2, 0.25) is 5.91 Å². The molecule has 0 spiro atoms. The maximum Gasteiger partial charge on any atom is 0.325 e. The fraction of sp³-hybridized carbons (Fsp3) is 0.556. The number of piperazine rings is 1. The summed E-state index contributed by atoms with van der Waals surface area (Å²) in [5, 5.41) is 0. The van der Waals surface area contributed by atoms with Gasteiger partial charge in [-0.25, -0.2) is 4.79 Å². The molecule has 0 saturated carbocycles. The molecular weight excluding hydrogens is 336 g/mol. The molecule has 0 atom stereocenters. The number of amides is 3. The Balaban J connectivity index is 1.67. The van der Waals surface area contributed by atoms with Gasteiger partial charge < -0.3 is 24.2 Å². The predicted octanol–water partition coefficient (Wildman–Crippen LogP) is 0.720. The quantitative estimate of drug-likeness (QED) is 0.772. The predicted molar refractivity (Wildman–Crippen MR) is 97.9 cm³/mol. The van der Waals surface area contributed by atoms with Crippen molar-refractivity contribution >= 4 is 17.6 Å². The summed E-state index contributed by atoms with van der Waals surface area (Å²) in [4.78, 5) is 32.6. The topological polar surface area (TPSA) is 65.6 Å². The van der Waals surface area contributed by atoms with Gasteiger partial charge in [-0.3, -0.25) is 9.69 Å². The van der Waals surface area contributed by atoms with Crippen LogP contribution < -0.4 is 14.4 Å².